The van der Waals surface area contributed by atoms with Crippen molar-refractivity contribution in [2.75, 3.05) is 5.32 Å². The largest absolute Gasteiger partial charge is 0.478 e. The molecule has 1 heterocycles. The van der Waals surface area contributed by atoms with Crippen LogP contribution in [0.3, 0.4) is 0 Å². The minimum absolute atomic E-state index is 0.304. The van der Waals surface area contributed by atoms with Gasteiger partial charge >= 0.3 is 5.97 Å². The lowest BCUT2D eigenvalue weighted by Gasteiger charge is -2.17. The van der Waals surface area contributed by atoms with E-state index >= 15 is 0 Å². The predicted octanol–water partition coefficient (Wildman–Crippen LogP) is 3.22. The van der Waals surface area contributed by atoms with Gasteiger partial charge in [-0.3, -0.25) is 0 Å². The monoisotopic (exact) mass is 248 g/mol. The van der Waals surface area contributed by atoms with Crippen molar-refractivity contribution in [1.29, 1.82) is 0 Å². The van der Waals surface area contributed by atoms with Crippen LogP contribution in [-0.2, 0) is 0 Å². The Labute approximate surface area is 107 Å². The van der Waals surface area contributed by atoms with Crippen molar-refractivity contribution >= 4 is 11.8 Å². The lowest BCUT2D eigenvalue weighted by Crippen LogP contribution is -2.19. The fourth-order valence-corrected chi connectivity index (χ4v) is 2.50. The van der Waals surface area contributed by atoms with Crippen LogP contribution in [0.1, 0.15) is 54.6 Å². The molecule has 0 aliphatic heterocycles. The van der Waals surface area contributed by atoms with E-state index in [0.29, 0.717) is 17.4 Å². The molecular formula is C14H20N2O2. The molecule has 1 aromatic heterocycles. The van der Waals surface area contributed by atoms with E-state index in [9.17, 15) is 4.79 Å². The number of rotatable bonds is 3. The van der Waals surface area contributed by atoms with Gasteiger partial charge in [0.25, 0.3) is 0 Å². The van der Waals surface area contributed by atoms with Crippen LogP contribution in [-0.4, -0.2) is 22.1 Å². The molecule has 4 heteroatoms. The second-order valence-electron chi connectivity index (χ2n) is 5.02. The van der Waals surface area contributed by atoms with E-state index in [-0.39, 0.29) is 0 Å². The Kier molecular flexibility index (Phi) is 4.18. The number of anilines is 1. The van der Waals surface area contributed by atoms with Gasteiger partial charge in [-0.2, -0.15) is 0 Å². The highest BCUT2D eigenvalue weighted by atomic mass is 16.4. The van der Waals surface area contributed by atoms with Gasteiger partial charge in [-0.1, -0.05) is 25.7 Å². The summed E-state index contributed by atoms with van der Waals surface area (Å²) in [6.07, 6.45) is 7.40. The van der Waals surface area contributed by atoms with Gasteiger partial charge in [0.1, 0.15) is 5.82 Å². The first-order valence-corrected chi connectivity index (χ1v) is 6.63. The number of carboxylic acid groups (broad SMARTS) is 1. The van der Waals surface area contributed by atoms with Gasteiger partial charge in [0.15, 0.2) is 0 Å². The molecule has 1 aliphatic rings. The van der Waals surface area contributed by atoms with Gasteiger partial charge in [-0.05, 0) is 31.9 Å². The first kappa shape index (κ1) is 12.9. The van der Waals surface area contributed by atoms with Gasteiger partial charge in [-0.25, -0.2) is 9.78 Å². The average molecular weight is 248 g/mol. The highest BCUT2D eigenvalue weighted by molar-refractivity contribution is 5.88. The summed E-state index contributed by atoms with van der Waals surface area (Å²) < 4.78 is 0. The van der Waals surface area contributed by atoms with E-state index in [1.165, 1.54) is 25.7 Å². The van der Waals surface area contributed by atoms with Gasteiger partial charge in [0, 0.05) is 11.7 Å². The molecule has 0 bridgehead atoms. The van der Waals surface area contributed by atoms with Crippen molar-refractivity contribution < 1.29 is 9.90 Å². The third kappa shape index (κ3) is 3.45. The zero-order valence-corrected chi connectivity index (χ0v) is 10.8. The van der Waals surface area contributed by atoms with E-state index < -0.39 is 5.97 Å². The summed E-state index contributed by atoms with van der Waals surface area (Å²) in [4.78, 5) is 15.4. The Morgan fingerprint density at radius 3 is 2.56 bits per heavy atom. The molecule has 0 atom stereocenters. The Balaban J connectivity index is 2.10. The molecule has 2 N–H and O–H groups in total. The maximum Gasteiger partial charge on any atom is 0.335 e. The van der Waals surface area contributed by atoms with E-state index in [0.717, 1.165) is 18.5 Å². The number of pyridine rings is 1. The van der Waals surface area contributed by atoms with Crippen LogP contribution < -0.4 is 5.32 Å². The highest BCUT2D eigenvalue weighted by Gasteiger charge is 2.14. The van der Waals surface area contributed by atoms with Crippen molar-refractivity contribution in [3.63, 3.8) is 0 Å². The average Bonchev–Trinajstić information content (AvgIpc) is 2.57. The molecule has 1 aliphatic carbocycles. The lowest BCUT2D eigenvalue weighted by atomic mass is 10.1. The molecule has 1 aromatic rings. The lowest BCUT2D eigenvalue weighted by molar-refractivity contribution is 0.0696. The van der Waals surface area contributed by atoms with Gasteiger partial charge < -0.3 is 10.4 Å². The van der Waals surface area contributed by atoms with Crippen molar-refractivity contribution in [2.45, 2.75) is 51.5 Å². The van der Waals surface area contributed by atoms with Crippen molar-refractivity contribution in [2.24, 2.45) is 0 Å². The molecule has 1 saturated carbocycles. The number of nitrogens with one attached hydrogen (secondary N) is 1. The molecule has 0 saturated heterocycles. The van der Waals surface area contributed by atoms with Crippen LogP contribution >= 0.6 is 0 Å². The molecule has 0 unspecified atom stereocenters. The smallest absolute Gasteiger partial charge is 0.335 e. The molecule has 0 spiro atoms. The number of aromatic carboxylic acids is 1. The van der Waals surface area contributed by atoms with Gasteiger partial charge in [0.05, 0.1) is 5.56 Å². The maximum atomic E-state index is 11.0. The second kappa shape index (κ2) is 5.85. The molecule has 0 radical (unpaired) electrons. The summed E-state index contributed by atoms with van der Waals surface area (Å²) >= 11 is 0. The summed E-state index contributed by atoms with van der Waals surface area (Å²) in [6, 6.07) is 3.66. The SMILES string of the molecule is Cc1cc(C(=O)O)cc(NC2CCCCCC2)n1. The van der Waals surface area contributed by atoms with Crippen LogP contribution in [0.5, 0.6) is 0 Å². The quantitative estimate of drug-likeness (QED) is 0.806. The second-order valence-corrected chi connectivity index (χ2v) is 5.02. The third-order valence-corrected chi connectivity index (χ3v) is 3.41. The van der Waals surface area contributed by atoms with Crippen molar-refractivity contribution in [3.8, 4) is 0 Å². The minimum Gasteiger partial charge on any atom is -0.478 e. The fraction of sp³-hybridized carbons (Fsp3) is 0.571. The number of aromatic nitrogens is 1. The standard InChI is InChI=1S/C14H20N2O2/c1-10-8-11(14(17)18)9-13(15-10)16-12-6-4-2-3-5-7-12/h8-9,12H,2-7H2,1H3,(H,15,16)(H,17,18). The molecule has 98 valence electrons. The summed E-state index contributed by atoms with van der Waals surface area (Å²) in [5, 5.41) is 12.4. The molecule has 2 rings (SSSR count). The number of carbonyl (C=O) groups is 1. The summed E-state index contributed by atoms with van der Waals surface area (Å²) in [5.74, 6) is -0.205. The first-order valence-electron chi connectivity index (χ1n) is 6.63. The van der Waals surface area contributed by atoms with Crippen LogP contribution in [0.15, 0.2) is 12.1 Å². The Bertz CT molecular complexity index is 424. The van der Waals surface area contributed by atoms with Crippen molar-refractivity contribution in [3.05, 3.63) is 23.4 Å². The molecule has 1 fully saturated rings. The molecule has 4 nitrogen and oxygen atoms in total. The summed E-state index contributed by atoms with van der Waals surface area (Å²) in [6.45, 7) is 1.82. The zero-order chi connectivity index (χ0) is 13.0. The normalized spacial score (nSPS) is 17.2. The highest BCUT2D eigenvalue weighted by Crippen LogP contribution is 2.21. The molecule has 0 amide bonds. The number of hydrogen-bond acceptors (Lipinski definition) is 3. The summed E-state index contributed by atoms with van der Waals surface area (Å²) in [5.41, 5.74) is 1.05. The maximum absolute atomic E-state index is 11.0. The van der Waals surface area contributed by atoms with Gasteiger partial charge in [0.2, 0.25) is 0 Å². The fourth-order valence-electron chi connectivity index (χ4n) is 2.50. The Morgan fingerprint density at radius 2 is 1.94 bits per heavy atom. The Hall–Kier alpha value is -1.58. The Morgan fingerprint density at radius 1 is 1.28 bits per heavy atom. The zero-order valence-electron chi connectivity index (χ0n) is 10.8. The van der Waals surface area contributed by atoms with E-state index in [4.69, 9.17) is 5.11 Å². The van der Waals surface area contributed by atoms with E-state index in [1.54, 1.807) is 12.1 Å². The van der Waals surface area contributed by atoms with Gasteiger partial charge in [-0.15, -0.1) is 0 Å². The van der Waals surface area contributed by atoms with Crippen LogP contribution in [0.4, 0.5) is 5.82 Å². The number of aryl methyl sites for hydroxylation is 1. The number of carboxylic acids is 1. The number of nitrogens with zero attached hydrogens (tertiary/aromatic N) is 1. The van der Waals surface area contributed by atoms with Crippen LogP contribution in [0.25, 0.3) is 0 Å². The molecule has 0 aromatic carbocycles. The van der Waals surface area contributed by atoms with Crippen molar-refractivity contribution in [1.82, 2.24) is 4.98 Å². The first-order chi connectivity index (χ1) is 8.65. The summed E-state index contributed by atoms with van der Waals surface area (Å²) in [7, 11) is 0. The van der Waals surface area contributed by atoms with E-state index in [2.05, 4.69) is 10.3 Å². The number of hydrogen-bond donors (Lipinski definition) is 2. The minimum atomic E-state index is -0.899. The molecular weight excluding hydrogens is 228 g/mol. The topological polar surface area (TPSA) is 62.2 Å². The van der Waals surface area contributed by atoms with Crippen LogP contribution in [0.2, 0.25) is 0 Å². The molecule has 18 heavy (non-hydrogen) atoms. The third-order valence-electron chi connectivity index (χ3n) is 3.41. The van der Waals surface area contributed by atoms with Crippen LogP contribution in [0, 0.1) is 6.92 Å². The van der Waals surface area contributed by atoms with E-state index in [1.807, 2.05) is 6.92 Å². The predicted molar refractivity (Wildman–Crippen MR) is 71.0 cm³/mol.